The van der Waals surface area contributed by atoms with Gasteiger partial charge in [0.2, 0.25) is 0 Å². The summed E-state index contributed by atoms with van der Waals surface area (Å²) < 4.78 is 4.33. The van der Waals surface area contributed by atoms with E-state index in [1.54, 1.807) is 0 Å². The third-order valence-electron chi connectivity index (χ3n) is 9.63. The Kier molecular flexibility index (Phi) is 7.39. The van der Waals surface area contributed by atoms with Gasteiger partial charge in [-0.3, -0.25) is 9.59 Å². The topological polar surface area (TPSA) is 44.0 Å². The molecule has 0 amide bonds. The van der Waals surface area contributed by atoms with Crippen LogP contribution < -0.4 is 10.9 Å². The van der Waals surface area contributed by atoms with E-state index in [9.17, 15) is 9.59 Å². The molecule has 0 N–H and O–H groups in total. The first-order chi connectivity index (χ1) is 22.2. The third-order valence-corrected chi connectivity index (χ3v) is 9.63. The maximum atomic E-state index is 14.4. The second-order valence-corrected chi connectivity index (χ2v) is 13.1. The Morgan fingerprint density at radius 2 is 0.804 bits per heavy atom. The maximum absolute atomic E-state index is 14.4. The third kappa shape index (κ3) is 4.75. The summed E-state index contributed by atoms with van der Waals surface area (Å²) in [6, 6.07) is 33.3. The zero-order valence-electron chi connectivity index (χ0n) is 27.5. The van der Waals surface area contributed by atoms with Crippen LogP contribution in [0, 0.1) is 0 Å². The number of hydrogen-bond acceptors (Lipinski definition) is 2. The molecular formula is C42H40N2O2. The van der Waals surface area contributed by atoms with Crippen molar-refractivity contribution in [2.45, 2.75) is 66.2 Å². The van der Waals surface area contributed by atoms with E-state index in [0.29, 0.717) is 33.4 Å². The summed E-state index contributed by atoms with van der Waals surface area (Å²) in [6.45, 7) is 13.0. The van der Waals surface area contributed by atoms with Crippen LogP contribution >= 0.6 is 0 Å². The molecule has 0 aliphatic heterocycles. The molecule has 7 rings (SSSR count). The summed E-state index contributed by atoms with van der Waals surface area (Å²) in [5.74, 6) is 0.809. The first-order valence-electron chi connectivity index (χ1n) is 16.5. The molecule has 2 aromatic heterocycles. The smallest absolute Gasteiger partial charge is 0.197 e. The Balaban J connectivity index is 1.67. The minimum absolute atomic E-state index is 0.0267. The summed E-state index contributed by atoms with van der Waals surface area (Å²) in [5, 5.41) is 2.52. The largest absolute Gasteiger partial charge is 0.309 e. The summed E-state index contributed by atoms with van der Waals surface area (Å²) >= 11 is 0. The first-order valence-corrected chi connectivity index (χ1v) is 16.5. The summed E-state index contributed by atoms with van der Waals surface area (Å²) in [4.78, 5) is 28.7. The van der Waals surface area contributed by atoms with E-state index in [1.165, 1.54) is 11.1 Å². The molecule has 4 nitrogen and oxygen atoms in total. The van der Waals surface area contributed by atoms with Crippen LogP contribution in [0.2, 0.25) is 0 Å². The standard InChI is InChI=1S/C42H40N2O2/c1-7-27-9-19-33-37(21-27)43(31-15-11-29(12-16-31)25(3)4)39-23-36-40(24-35(39)41(33)45)44(32-17-13-30(14-18-32)26(5)6)38-22-28(8-2)10-20-34(38)42(36)46/h9-26H,7-8H2,1-6H3. The van der Waals surface area contributed by atoms with Crippen LogP contribution in [0.15, 0.2) is 107 Å². The second-order valence-electron chi connectivity index (χ2n) is 13.1. The number of nitrogens with zero attached hydrogens (tertiary/aromatic N) is 2. The number of hydrogen-bond donors (Lipinski definition) is 0. The molecule has 5 aromatic carbocycles. The highest BCUT2D eigenvalue weighted by molar-refractivity contribution is 6.05. The van der Waals surface area contributed by atoms with Gasteiger partial charge in [0.1, 0.15) is 0 Å². The fourth-order valence-corrected chi connectivity index (χ4v) is 6.78. The minimum atomic E-state index is -0.0267. The van der Waals surface area contributed by atoms with E-state index in [0.717, 1.165) is 57.4 Å². The molecule has 0 atom stereocenters. The van der Waals surface area contributed by atoms with Crippen LogP contribution in [0.1, 0.15) is 75.6 Å². The SMILES string of the molecule is CCc1ccc2c(=O)c3cc4c(cc3n(-c3ccc(C(C)C)cc3)c2c1)c(=O)c1ccc(CC)cc1n4-c1ccc(C(C)C)cc1. The normalized spacial score (nSPS) is 12.0. The van der Waals surface area contributed by atoms with Crippen molar-refractivity contribution in [2.75, 3.05) is 0 Å². The molecule has 7 aromatic rings. The fraction of sp³-hybridized carbons (Fsp3) is 0.238. The summed E-state index contributed by atoms with van der Waals surface area (Å²) in [7, 11) is 0. The lowest BCUT2D eigenvalue weighted by atomic mass is 10.00. The van der Waals surface area contributed by atoms with Crippen molar-refractivity contribution < 1.29 is 0 Å². The van der Waals surface area contributed by atoms with Gasteiger partial charge in [-0.25, -0.2) is 0 Å². The average molecular weight is 605 g/mol. The van der Waals surface area contributed by atoms with Crippen molar-refractivity contribution in [3.05, 3.63) is 140 Å². The zero-order valence-corrected chi connectivity index (χ0v) is 27.5. The minimum Gasteiger partial charge on any atom is -0.309 e. The van der Waals surface area contributed by atoms with Gasteiger partial charge in [0, 0.05) is 32.9 Å². The highest BCUT2D eigenvalue weighted by Gasteiger charge is 2.19. The van der Waals surface area contributed by atoms with E-state index in [4.69, 9.17) is 0 Å². The van der Waals surface area contributed by atoms with Crippen LogP contribution in [0.3, 0.4) is 0 Å². The van der Waals surface area contributed by atoms with Crippen LogP contribution in [0.4, 0.5) is 0 Å². The van der Waals surface area contributed by atoms with Gasteiger partial charge in [0.25, 0.3) is 0 Å². The molecule has 230 valence electrons. The van der Waals surface area contributed by atoms with Crippen molar-refractivity contribution in [3.8, 4) is 11.4 Å². The number of rotatable bonds is 6. The Bertz CT molecular complexity index is 2240. The van der Waals surface area contributed by atoms with Crippen molar-refractivity contribution in [3.63, 3.8) is 0 Å². The van der Waals surface area contributed by atoms with E-state index in [1.807, 2.05) is 24.3 Å². The lowest BCUT2D eigenvalue weighted by Gasteiger charge is -2.20. The number of fused-ring (bicyclic) bond motifs is 4. The van der Waals surface area contributed by atoms with Crippen LogP contribution in [-0.2, 0) is 12.8 Å². The highest BCUT2D eigenvalue weighted by atomic mass is 16.1. The van der Waals surface area contributed by atoms with Crippen molar-refractivity contribution in [1.29, 1.82) is 0 Å². The molecule has 4 heteroatoms. The molecule has 0 unspecified atom stereocenters. The van der Waals surface area contributed by atoms with E-state index in [2.05, 4.69) is 123 Å². The predicted octanol–water partition coefficient (Wildman–Crippen LogP) is 9.97. The van der Waals surface area contributed by atoms with Gasteiger partial charge < -0.3 is 9.13 Å². The van der Waals surface area contributed by atoms with E-state index >= 15 is 0 Å². The van der Waals surface area contributed by atoms with E-state index < -0.39 is 0 Å². The fourth-order valence-electron chi connectivity index (χ4n) is 6.78. The van der Waals surface area contributed by atoms with Crippen LogP contribution in [-0.4, -0.2) is 9.13 Å². The molecule has 0 bridgehead atoms. The second kappa shape index (κ2) is 11.4. The number of pyridine rings is 2. The molecule has 0 spiro atoms. The Labute approximate surface area is 269 Å². The van der Waals surface area contributed by atoms with Crippen molar-refractivity contribution >= 4 is 43.6 Å². The lowest BCUT2D eigenvalue weighted by molar-refractivity contribution is 0.865. The maximum Gasteiger partial charge on any atom is 0.197 e. The summed E-state index contributed by atoms with van der Waals surface area (Å²) in [5.41, 5.74) is 9.87. The van der Waals surface area contributed by atoms with Crippen LogP contribution in [0.5, 0.6) is 0 Å². The monoisotopic (exact) mass is 604 g/mol. The van der Waals surface area contributed by atoms with Gasteiger partial charge in [-0.15, -0.1) is 0 Å². The molecule has 0 radical (unpaired) electrons. The molecular weight excluding hydrogens is 564 g/mol. The van der Waals surface area contributed by atoms with E-state index in [-0.39, 0.29) is 10.9 Å². The van der Waals surface area contributed by atoms with Crippen LogP contribution in [0.25, 0.3) is 55.0 Å². The molecule has 2 heterocycles. The molecule has 0 aliphatic rings. The Morgan fingerprint density at radius 3 is 1.13 bits per heavy atom. The lowest BCUT2D eigenvalue weighted by Crippen LogP contribution is -2.15. The predicted molar refractivity (Wildman–Crippen MR) is 195 cm³/mol. The van der Waals surface area contributed by atoms with Gasteiger partial charge in [-0.05, 0) is 108 Å². The molecule has 0 aliphatic carbocycles. The molecule has 0 fully saturated rings. The Morgan fingerprint density at radius 1 is 0.457 bits per heavy atom. The molecule has 0 saturated heterocycles. The van der Waals surface area contributed by atoms with Crippen molar-refractivity contribution in [2.24, 2.45) is 0 Å². The van der Waals surface area contributed by atoms with Gasteiger partial charge in [0.05, 0.1) is 22.1 Å². The van der Waals surface area contributed by atoms with Gasteiger partial charge in [-0.1, -0.05) is 77.9 Å². The summed E-state index contributed by atoms with van der Waals surface area (Å²) in [6.07, 6.45) is 1.72. The quantitative estimate of drug-likeness (QED) is 0.177. The van der Waals surface area contributed by atoms with Crippen molar-refractivity contribution in [1.82, 2.24) is 9.13 Å². The molecule has 46 heavy (non-hydrogen) atoms. The Hall–Kier alpha value is -4.96. The number of aromatic nitrogens is 2. The van der Waals surface area contributed by atoms with Gasteiger partial charge >= 0.3 is 0 Å². The first kappa shape index (κ1) is 29.7. The number of benzene rings is 5. The zero-order chi connectivity index (χ0) is 32.3. The molecule has 0 saturated carbocycles. The highest BCUT2D eigenvalue weighted by Crippen LogP contribution is 2.32. The number of aryl methyl sites for hydroxylation is 2. The average Bonchev–Trinajstić information content (AvgIpc) is 3.08. The van der Waals surface area contributed by atoms with Gasteiger partial charge in [0.15, 0.2) is 10.9 Å². The van der Waals surface area contributed by atoms with Gasteiger partial charge in [-0.2, -0.15) is 0 Å².